The van der Waals surface area contributed by atoms with E-state index in [0.717, 1.165) is 23.3 Å². The molecule has 32 heavy (non-hydrogen) atoms. The Bertz CT molecular complexity index is 1190. The van der Waals surface area contributed by atoms with Crippen LogP contribution in [0, 0.1) is 5.92 Å². The van der Waals surface area contributed by atoms with E-state index in [0.29, 0.717) is 36.0 Å². The van der Waals surface area contributed by atoms with E-state index in [9.17, 15) is 13.2 Å². The van der Waals surface area contributed by atoms with Crippen molar-refractivity contribution in [2.75, 3.05) is 18.4 Å². The molecule has 0 aliphatic carbocycles. The van der Waals surface area contributed by atoms with Crippen LogP contribution in [0.25, 0.3) is 0 Å². The summed E-state index contributed by atoms with van der Waals surface area (Å²) in [4.78, 5) is 12.7. The Morgan fingerprint density at radius 3 is 2.66 bits per heavy atom. The normalized spacial score (nSPS) is 17.4. The Hall–Kier alpha value is -2.27. The molecule has 0 radical (unpaired) electrons. The lowest BCUT2D eigenvalue weighted by atomic mass is 9.99. The van der Waals surface area contributed by atoms with E-state index >= 15 is 0 Å². The third-order valence-electron chi connectivity index (χ3n) is 5.38. The Kier molecular flexibility index (Phi) is 6.94. The molecule has 2 aromatic heterocycles. The third kappa shape index (κ3) is 5.20. The smallest absolute Gasteiger partial charge is 0.322 e. The molecular weight excluding hydrogens is 472 g/mol. The summed E-state index contributed by atoms with van der Waals surface area (Å²) < 4.78 is 33.2. The first-order valence-corrected chi connectivity index (χ1v) is 12.9. The first kappa shape index (κ1) is 22.9. The molecule has 4 rings (SSSR count). The van der Waals surface area contributed by atoms with Gasteiger partial charge in [-0.3, -0.25) is 10.1 Å². The lowest BCUT2D eigenvalue weighted by Crippen LogP contribution is -2.43. The summed E-state index contributed by atoms with van der Waals surface area (Å²) in [5.41, 5.74) is 2.28. The highest BCUT2D eigenvalue weighted by Crippen LogP contribution is 2.31. The zero-order chi connectivity index (χ0) is 22.7. The van der Waals surface area contributed by atoms with E-state index in [-0.39, 0.29) is 22.7 Å². The summed E-state index contributed by atoms with van der Waals surface area (Å²) in [5, 5.41) is 10.5. The van der Waals surface area contributed by atoms with E-state index in [1.54, 1.807) is 6.07 Å². The van der Waals surface area contributed by atoms with Crippen molar-refractivity contribution in [3.63, 3.8) is 0 Å². The highest BCUT2D eigenvalue weighted by atomic mass is 35.5. The molecule has 0 spiro atoms. The minimum atomic E-state index is -3.68. The number of hydrogen-bond acceptors (Lipinski definition) is 7. The maximum atomic E-state index is 12.8. The molecule has 1 N–H and O–H groups in total. The van der Waals surface area contributed by atoms with Crippen LogP contribution in [0.5, 0.6) is 0 Å². The molecule has 1 aliphatic heterocycles. The van der Waals surface area contributed by atoms with Crippen molar-refractivity contribution >= 4 is 44.9 Å². The molecule has 8 nitrogen and oxygen atoms in total. The number of rotatable bonds is 7. The number of nitrogens with zero attached hydrogens (tertiary/aromatic N) is 3. The summed E-state index contributed by atoms with van der Waals surface area (Å²) in [6.45, 7) is 2.55. The van der Waals surface area contributed by atoms with Crippen molar-refractivity contribution < 1.29 is 17.6 Å². The van der Waals surface area contributed by atoms with E-state index in [4.69, 9.17) is 16.0 Å². The van der Waals surface area contributed by atoms with Gasteiger partial charge in [0.25, 0.3) is 10.0 Å². The van der Waals surface area contributed by atoms with Gasteiger partial charge in [-0.15, -0.1) is 16.4 Å². The van der Waals surface area contributed by atoms with Gasteiger partial charge in [0.15, 0.2) is 0 Å². The van der Waals surface area contributed by atoms with Crippen molar-refractivity contribution in [3.05, 3.63) is 57.8 Å². The molecule has 0 saturated carbocycles. The first-order chi connectivity index (χ1) is 15.3. The molecule has 3 aromatic rings. The zero-order valence-corrected chi connectivity index (χ0v) is 19.8. The Labute approximate surface area is 195 Å². The van der Waals surface area contributed by atoms with Crippen molar-refractivity contribution in [2.24, 2.45) is 5.92 Å². The number of nitrogens with one attached hydrogen (secondary N) is 1. The van der Waals surface area contributed by atoms with Gasteiger partial charge in [-0.05, 0) is 42.5 Å². The van der Waals surface area contributed by atoms with Crippen molar-refractivity contribution in [3.8, 4) is 0 Å². The number of carbonyl (C=O) groups is 1. The van der Waals surface area contributed by atoms with Gasteiger partial charge < -0.3 is 4.42 Å². The fraction of sp³-hybridized carbons (Fsp3) is 0.381. The Morgan fingerprint density at radius 2 is 1.97 bits per heavy atom. The van der Waals surface area contributed by atoms with Gasteiger partial charge in [0.2, 0.25) is 11.8 Å². The maximum absolute atomic E-state index is 12.8. The fourth-order valence-corrected chi connectivity index (χ4v) is 6.75. The van der Waals surface area contributed by atoms with Crippen LogP contribution in [-0.2, 0) is 27.7 Å². The quantitative estimate of drug-likeness (QED) is 0.532. The first-order valence-electron chi connectivity index (χ1n) is 10.3. The van der Waals surface area contributed by atoms with Gasteiger partial charge in [0, 0.05) is 13.1 Å². The number of benzene rings is 1. The highest BCUT2D eigenvalue weighted by Gasteiger charge is 2.34. The number of sulfonamides is 1. The standard InChI is InChI=1S/C21H23ClN4O4S2/c1-2-14-5-7-15(8-6-14)12-18-24-25-21(30-18)23-20(27)16-4-3-11-26(13-16)32(28,29)19-10-9-17(22)31-19/h5-10,16H,2-4,11-13H2,1H3,(H,23,25,27). The second kappa shape index (κ2) is 9.70. The predicted molar refractivity (Wildman–Crippen MR) is 122 cm³/mol. The SMILES string of the molecule is CCc1ccc(Cc2nnc(NC(=O)C3CCCN(S(=O)(=O)c4ccc(Cl)s4)C3)o2)cc1. The monoisotopic (exact) mass is 494 g/mol. The fourth-order valence-electron chi connectivity index (χ4n) is 3.59. The Morgan fingerprint density at radius 1 is 1.22 bits per heavy atom. The summed E-state index contributed by atoms with van der Waals surface area (Å²) >= 11 is 6.90. The highest BCUT2D eigenvalue weighted by molar-refractivity contribution is 7.91. The number of amides is 1. The molecule has 11 heteroatoms. The van der Waals surface area contributed by atoms with Crippen molar-refractivity contribution in [1.29, 1.82) is 0 Å². The molecule has 1 aliphatic rings. The van der Waals surface area contributed by atoms with E-state index in [2.05, 4.69) is 34.6 Å². The largest absolute Gasteiger partial charge is 0.407 e. The summed E-state index contributed by atoms with van der Waals surface area (Å²) in [6.07, 6.45) is 2.59. The molecule has 170 valence electrons. The third-order valence-corrected chi connectivity index (χ3v) is 8.94. The summed E-state index contributed by atoms with van der Waals surface area (Å²) in [6, 6.07) is 11.2. The number of halogens is 1. The maximum Gasteiger partial charge on any atom is 0.322 e. The van der Waals surface area contributed by atoms with Crippen LogP contribution in [-0.4, -0.2) is 41.9 Å². The molecule has 0 bridgehead atoms. The second-order valence-electron chi connectivity index (χ2n) is 7.60. The molecular formula is C21H23ClN4O4S2. The average molecular weight is 495 g/mol. The van der Waals surface area contributed by atoms with Crippen LogP contribution >= 0.6 is 22.9 Å². The second-order valence-corrected chi connectivity index (χ2v) is 11.5. The van der Waals surface area contributed by atoms with Crippen molar-refractivity contribution in [2.45, 2.75) is 36.8 Å². The van der Waals surface area contributed by atoms with Gasteiger partial charge in [-0.1, -0.05) is 47.9 Å². The molecule has 1 fully saturated rings. The average Bonchev–Trinajstić information content (AvgIpc) is 3.43. The van der Waals surface area contributed by atoms with Crippen molar-refractivity contribution in [1.82, 2.24) is 14.5 Å². The predicted octanol–water partition coefficient (Wildman–Crippen LogP) is 3.98. The lowest BCUT2D eigenvalue weighted by molar-refractivity contribution is -0.121. The number of carbonyl (C=O) groups excluding carboxylic acids is 1. The van der Waals surface area contributed by atoms with Crippen LogP contribution in [0.3, 0.4) is 0 Å². The van der Waals surface area contributed by atoms with Gasteiger partial charge in [0.1, 0.15) is 4.21 Å². The van der Waals surface area contributed by atoms with Gasteiger partial charge in [-0.25, -0.2) is 8.42 Å². The van der Waals surface area contributed by atoms with Gasteiger partial charge in [-0.2, -0.15) is 4.31 Å². The van der Waals surface area contributed by atoms with Gasteiger partial charge in [0.05, 0.1) is 16.7 Å². The molecule has 3 heterocycles. The molecule has 1 aromatic carbocycles. The van der Waals surface area contributed by atoms with Crippen LogP contribution < -0.4 is 5.32 Å². The minimum Gasteiger partial charge on any atom is -0.407 e. The number of anilines is 1. The van der Waals surface area contributed by atoms with E-state index in [1.165, 1.54) is 15.9 Å². The van der Waals surface area contributed by atoms with Crippen LogP contribution in [0.1, 0.15) is 36.8 Å². The number of aryl methyl sites for hydroxylation is 1. The van der Waals surface area contributed by atoms with E-state index < -0.39 is 15.9 Å². The summed E-state index contributed by atoms with van der Waals surface area (Å²) in [7, 11) is -3.68. The number of aromatic nitrogens is 2. The zero-order valence-electron chi connectivity index (χ0n) is 17.5. The lowest BCUT2D eigenvalue weighted by Gasteiger charge is -2.30. The van der Waals surface area contributed by atoms with Crippen LogP contribution in [0.2, 0.25) is 4.34 Å². The van der Waals surface area contributed by atoms with E-state index in [1.807, 2.05) is 12.1 Å². The minimum absolute atomic E-state index is 0.0141. The molecule has 1 atom stereocenters. The van der Waals surface area contributed by atoms with Gasteiger partial charge >= 0.3 is 6.01 Å². The number of hydrogen-bond donors (Lipinski definition) is 1. The molecule has 1 unspecified atom stereocenters. The van der Waals surface area contributed by atoms with Crippen LogP contribution in [0.4, 0.5) is 6.01 Å². The van der Waals surface area contributed by atoms with Crippen LogP contribution in [0.15, 0.2) is 45.0 Å². The Balaban J connectivity index is 1.37. The number of thiophene rings is 1. The topological polar surface area (TPSA) is 105 Å². The number of piperidine rings is 1. The molecule has 1 amide bonds. The summed E-state index contributed by atoms with van der Waals surface area (Å²) in [5.74, 6) is -0.450. The molecule has 1 saturated heterocycles.